The number of fused-ring (bicyclic) bond motifs is 1. The van der Waals surface area contributed by atoms with Gasteiger partial charge in [-0.05, 0) is 31.2 Å². The summed E-state index contributed by atoms with van der Waals surface area (Å²) in [6.45, 7) is 1.83. The average molecular weight is 370 g/mol. The molecule has 8 nitrogen and oxygen atoms in total. The molecule has 0 aliphatic carbocycles. The monoisotopic (exact) mass is 370 g/mol. The minimum Gasteiger partial charge on any atom is -0.467 e. The van der Waals surface area contributed by atoms with Crippen LogP contribution < -0.4 is 10.9 Å². The maximum Gasteiger partial charge on any atom is 0.294 e. The van der Waals surface area contributed by atoms with Crippen molar-refractivity contribution in [2.24, 2.45) is 0 Å². The molecule has 0 atom stereocenters. The topological polar surface area (TPSA) is 103 Å². The fourth-order valence-electron chi connectivity index (χ4n) is 2.54. The standard InChI is InChI=1S/C17H14N4O4S/c1-10-19-15-16(26-10)14(12-5-3-7-25-12)20-21(17(15)23)9-13(22)18-8-11-4-2-6-24-11/h2-7H,8-9H2,1H3,(H,18,22). The van der Waals surface area contributed by atoms with Crippen molar-refractivity contribution in [2.45, 2.75) is 20.0 Å². The van der Waals surface area contributed by atoms with Gasteiger partial charge in [0.05, 0.1) is 28.8 Å². The molecule has 0 unspecified atom stereocenters. The molecule has 9 heteroatoms. The van der Waals surface area contributed by atoms with Crippen LogP contribution in [0.25, 0.3) is 21.7 Å². The second kappa shape index (κ2) is 6.60. The van der Waals surface area contributed by atoms with Crippen LogP contribution in [0.2, 0.25) is 0 Å². The first kappa shape index (κ1) is 16.3. The minimum atomic E-state index is -0.409. The van der Waals surface area contributed by atoms with Gasteiger partial charge in [0.1, 0.15) is 18.0 Å². The van der Waals surface area contributed by atoms with E-state index in [2.05, 4.69) is 15.4 Å². The quantitative estimate of drug-likeness (QED) is 0.578. The second-order valence-electron chi connectivity index (χ2n) is 5.56. The molecule has 4 heterocycles. The molecule has 0 saturated carbocycles. The fourth-order valence-corrected chi connectivity index (χ4v) is 3.44. The number of aryl methyl sites for hydroxylation is 1. The van der Waals surface area contributed by atoms with Crippen LogP contribution in [0.5, 0.6) is 0 Å². The summed E-state index contributed by atoms with van der Waals surface area (Å²) < 4.78 is 12.3. The maximum atomic E-state index is 12.6. The number of furan rings is 2. The first-order valence-corrected chi connectivity index (χ1v) is 8.64. The van der Waals surface area contributed by atoms with Crippen LogP contribution in [-0.2, 0) is 17.9 Å². The van der Waals surface area contributed by atoms with Crippen LogP contribution >= 0.6 is 11.3 Å². The number of nitrogens with one attached hydrogen (secondary N) is 1. The third-order valence-corrected chi connectivity index (χ3v) is 4.67. The highest BCUT2D eigenvalue weighted by Crippen LogP contribution is 2.29. The normalized spacial score (nSPS) is 11.1. The van der Waals surface area contributed by atoms with E-state index in [-0.39, 0.29) is 24.5 Å². The van der Waals surface area contributed by atoms with Gasteiger partial charge in [-0.25, -0.2) is 9.67 Å². The third kappa shape index (κ3) is 3.04. The van der Waals surface area contributed by atoms with Crippen LogP contribution in [0.3, 0.4) is 0 Å². The summed E-state index contributed by atoms with van der Waals surface area (Å²) in [4.78, 5) is 29.1. The van der Waals surface area contributed by atoms with E-state index < -0.39 is 5.56 Å². The smallest absolute Gasteiger partial charge is 0.294 e. The number of amides is 1. The predicted octanol–water partition coefficient (Wildman–Crippen LogP) is 2.33. The molecule has 0 aromatic carbocycles. The molecule has 0 saturated heterocycles. The summed E-state index contributed by atoms with van der Waals surface area (Å²) in [5.74, 6) is 0.789. The Kier molecular flexibility index (Phi) is 4.13. The van der Waals surface area contributed by atoms with E-state index in [4.69, 9.17) is 8.83 Å². The fraction of sp³-hybridized carbons (Fsp3) is 0.176. The van der Waals surface area contributed by atoms with Crippen molar-refractivity contribution in [3.8, 4) is 11.5 Å². The number of aromatic nitrogens is 3. The number of hydrogen-bond donors (Lipinski definition) is 1. The number of carbonyl (C=O) groups is 1. The Hall–Kier alpha value is -3.20. The maximum absolute atomic E-state index is 12.6. The van der Waals surface area contributed by atoms with Gasteiger partial charge in [-0.3, -0.25) is 9.59 Å². The molecule has 0 spiro atoms. The largest absolute Gasteiger partial charge is 0.467 e. The Morgan fingerprint density at radius 2 is 2.08 bits per heavy atom. The summed E-state index contributed by atoms with van der Waals surface area (Å²) in [6.07, 6.45) is 3.06. The Bertz CT molecular complexity index is 1110. The molecule has 0 bridgehead atoms. The van der Waals surface area contributed by atoms with Crippen LogP contribution in [0, 0.1) is 6.92 Å². The van der Waals surface area contributed by atoms with E-state index >= 15 is 0 Å². The number of nitrogens with zero attached hydrogens (tertiary/aromatic N) is 3. The second-order valence-corrected chi connectivity index (χ2v) is 6.76. The lowest BCUT2D eigenvalue weighted by atomic mass is 10.3. The third-order valence-electron chi connectivity index (χ3n) is 3.69. The summed E-state index contributed by atoms with van der Waals surface area (Å²) in [5, 5.41) is 7.77. The highest BCUT2D eigenvalue weighted by molar-refractivity contribution is 7.19. The molecule has 26 heavy (non-hydrogen) atoms. The van der Waals surface area contributed by atoms with E-state index in [1.165, 1.54) is 23.9 Å². The Labute approximate surface area is 151 Å². The van der Waals surface area contributed by atoms with Crippen LogP contribution in [-0.4, -0.2) is 20.7 Å². The number of rotatable bonds is 5. The zero-order valence-electron chi connectivity index (χ0n) is 13.8. The van der Waals surface area contributed by atoms with E-state index in [0.717, 1.165) is 9.69 Å². The van der Waals surface area contributed by atoms with Crippen molar-refractivity contribution in [1.29, 1.82) is 0 Å². The lowest BCUT2D eigenvalue weighted by Crippen LogP contribution is -2.33. The highest BCUT2D eigenvalue weighted by Gasteiger charge is 2.19. The Morgan fingerprint density at radius 1 is 1.27 bits per heavy atom. The van der Waals surface area contributed by atoms with Gasteiger partial charge in [-0.2, -0.15) is 5.10 Å². The van der Waals surface area contributed by atoms with Crippen LogP contribution in [0.4, 0.5) is 0 Å². The molecule has 4 rings (SSSR count). The van der Waals surface area contributed by atoms with Gasteiger partial charge in [-0.1, -0.05) is 0 Å². The zero-order valence-corrected chi connectivity index (χ0v) is 14.6. The molecule has 132 valence electrons. The molecule has 4 aromatic rings. The van der Waals surface area contributed by atoms with Crippen molar-refractivity contribution in [2.75, 3.05) is 0 Å². The molecule has 0 fully saturated rings. The number of hydrogen-bond acceptors (Lipinski definition) is 7. The number of thiazole rings is 1. The molecule has 1 amide bonds. The molecule has 4 aromatic heterocycles. The first-order chi connectivity index (χ1) is 12.6. The molecule has 0 aliphatic rings. The number of carbonyl (C=O) groups excluding carboxylic acids is 1. The van der Waals surface area contributed by atoms with Crippen LogP contribution in [0.1, 0.15) is 10.8 Å². The molecule has 1 N–H and O–H groups in total. The minimum absolute atomic E-state index is 0.222. The molecular weight excluding hydrogens is 356 g/mol. The van der Waals surface area contributed by atoms with Gasteiger partial charge in [-0.15, -0.1) is 11.3 Å². The first-order valence-electron chi connectivity index (χ1n) is 7.83. The molecule has 0 aliphatic heterocycles. The van der Waals surface area contributed by atoms with Gasteiger partial charge in [0.15, 0.2) is 11.3 Å². The van der Waals surface area contributed by atoms with E-state index in [1.807, 2.05) is 6.92 Å². The van der Waals surface area contributed by atoms with E-state index in [1.54, 1.807) is 24.3 Å². The van der Waals surface area contributed by atoms with Gasteiger partial charge >= 0.3 is 0 Å². The van der Waals surface area contributed by atoms with Crippen LogP contribution in [0.15, 0.2) is 50.4 Å². The van der Waals surface area contributed by atoms with Crippen molar-refractivity contribution < 1.29 is 13.6 Å². The van der Waals surface area contributed by atoms with Gasteiger partial charge in [0.2, 0.25) is 5.91 Å². The molecule has 0 radical (unpaired) electrons. The summed E-state index contributed by atoms with van der Waals surface area (Å²) >= 11 is 1.37. The summed E-state index contributed by atoms with van der Waals surface area (Å²) in [6, 6.07) is 6.98. The highest BCUT2D eigenvalue weighted by atomic mass is 32.1. The predicted molar refractivity (Wildman–Crippen MR) is 94.7 cm³/mol. The SMILES string of the molecule is Cc1nc2c(=O)n(CC(=O)NCc3ccco3)nc(-c3ccco3)c2s1. The van der Waals surface area contributed by atoms with E-state index in [0.29, 0.717) is 21.9 Å². The average Bonchev–Trinajstić information content (AvgIpc) is 3.36. The van der Waals surface area contributed by atoms with Gasteiger partial charge in [0.25, 0.3) is 5.56 Å². The van der Waals surface area contributed by atoms with Gasteiger partial charge in [0, 0.05) is 0 Å². The lowest BCUT2D eigenvalue weighted by Gasteiger charge is -2.07. The van der Waals surface area contributed by atoms with Crippen molar-refractivity contribution >= 4 is 27.5 Å². The van der Waals surface area contributed by atoms with Gasteiger partial charge < -0.3 is 14.2 Å². The summed E-state index contributed by atoms with van der Waals surface area (Å²) in [5.41, 5.74) is 0.370. The summed E-state index contributed by atoms with van der Waals surface area (Å²) in [7, 11) is 0. The Morgan fingerprint density at radius 3 is 2.81 bits per heavy atom. The Balaban J connectivity index is 1.67. The lowest BCUT2D eigenvalue weighted by molar-refractivity contribution is -0.122. The zero-order chi connectivity index (χ0) is 18.1. The van der Waals surface area contributed by atoms with Crippen molar-refractivity contribution in [3.05, 3.63) is 57.9 Å². The molecular formula is C17H14N4O4S. The van der Waals surface area contributed by atoms with Crippen molar-refractivity contribution in [3.63, 3.8) is 0 Å². The van der Waals surface area contributed by atoms with E-state index in [9.17, 15) is 9.59 Å². The van der Waals surface area contributed by atoms with Crippen molar-refractivity contribution in [1.82, 2.24) is 20.1 Å².